The van der Waals surface area contributed by atoms with Gasteiger partial charge >= 0.3 is 5.97 Å². The molecule has 0 aromatic carbocycles. The third kappa shape index (κ3) is 5.01. The van der Waals surface area contributed by atoms with Crippen LogP contribution in [-0.4, -0.2) is 34.5 Å². The molecule has 1 fully saturated rings. The molecule has 1 saturated carbocycles. The summed E-state index contributed by atoms with van der Waals surface area (Å²) in [5, 5.41) is 9.06. The lowest BCUT2D eigenvalue weighted by Gasteiger charge is -2.36. The van der Waals surface area contributed by atoms with Gasteiger partial charge in [0.05, 0.1) is 5.92 Å². The van der Waals surface area contributed by atoms with Gasteiger partial charge in [0, 0.05) is 18.5 Å². The third-order valence-electron chi connectivity index (χ3n) is 4.65. The molecule has 0 spiro atoms. The molecular weight excluding hydrogens is 266 g/mol. The Bertz CT molecular complexity index is 342. The second kappa shape index (κ2) is 8.40. The van der Waals surface area contributed by atoms with Crippen LogP contribution in [0.15, 0.2) is 0 Å². The van der Waals surface area contributed by atoms with Crippen molar-refractivity contribution in [1.82, 2.24) is 4.90 Å². The summed E-state index contributed by atoms with van der Waals surface area (Å²) in [7, 11) is 0. The zero-order valence-electron chi connectivity index (χ0n) is 14.0. The summed E-state index contributed by atoms with van der Waals surface area (Å²) in [4.78, 5) is 25.9. The van der Waals surface area contributed by atoms with Gasteiger partial charge in [0.2, 0.25) is 5.91 Å². The average Bonchev–Trinajstić information content (AvgIpc) is 2.46. The average molecular weight is 297 g/mol. The number of nitrogens with zero attached hydrogens (tertiary/aromatic N) is 1. The highest BCUT2D eigenvalue weighted by Crippen LogP contribution is 2.31. The van der Waals surface area contributed by atoms with Crippen molar-refractivity contribution in [1.29, 1.82) is 0 Å². The maximum atomic E-state index is 12.8. The van der Waals surface area contributed by atoms with Crippen LogP contribution in [0.1, 0.15) is 66.2 Å². The Morgan fingerprint density at radius 3 is 1.90 bits per heavy atom. The van der Waals surface area contributed by atoms with Crippen molar-refractivity contribution in [2.75, 3.05) is 6.54 Å². The van der Waals surface area contributed by atoms with Gasteiger partial charge in [0.1, 0.15) is 0 Å². The predicted molar refractivity (Wildman–Crippen MR) is 84.0 cm³/mol. The van der Waals surface area contributed by atoms with Gasteiger partial charge < -0.3 is 10.0 Å². The number of carboxylic acids is 1. The molecule has 1 N–H and O–H groups in total. The molecule has 0 unspecified atom stereocenters. The molecule has 0 bridgehead atoms. The van der Waals surface area contributed by atoms with Gasteiger partial charge in [-0.25, -0.2) is 0 Å². The van der Waals surface area contributed by atoms with Gasteiger partial charge in [-0.2, -0.15) is 0 Å². The molecule has 1 amide bonds. The normalized spacial score (nSPS) is 22.6. The first-order chi connectivity index (χ1) is 9.90. The van der Waals surface area contributed by atoms with E-state index in [0.29, 0.717) is 24.8 Å². The standard InChI is InChI=1S/C17H31NO3/c1-5-15(6-2)18(11-12(3)4)16(19)13-7-9-14(10-8-13)17(20)21/h12-15H,5-11H2,1-4H3,(H,20,21). The van der Waals surface area contributed by atoms with Crippen molar-refractivity contribution >= 4 is 11.9 Å². The fourth-order valence-corrected chi connectivity index (χ4v) is 3.36. The number of carboxylic acid groups (broad SMARTS) is 1. The Labute approximate surface area is 128 Å². The highest BCUT2D eigenvalue weighted by Gasteiger charge is 2.33. The number of hydrogen-bond donors (Lipinski definition) is 1. The number of hydrogen-bond acceptors (Lipinski definition) is 2. The van der Waals surface area contributed by atoms with Crippen LogP contribution in [0.4, 0.5) is 0 Å². The van der Waals surface area contributed by atoms with Gasteiger partial charge in [-0.1, -0.05) is 27.7 Å². The maximum absolute atomic E-state index is 12.8. The summed E-state index contributed by atoms with van der Waals surface area (Å²) < 4.78 is 0. The van der Waals surface area contributed by atoms with Gasteiger partial charge in [0.15, 0.2) is 0 Å². The molecule has 1 aliphatic carbocycles. The van der Waals surface area contributed by atoms with Crippen molar-refractivity contribution in [3.05, 3.63) is 0 Å². The van der Waals surface area contributed by atoms with Crippen molar-refractivity contribution in [3.8, 4) is 0 Å². The van der Waals surface area contributed by atoms with Crippen LogP contribution >= 0.6 is 0 Å². The van der Waals surface area contributed by atoms with Crippen LogP contribution in [0.3, 0.4) is 0 Å². The van der Waals surface area contributed by atoms with Crippen LogP contribution < -0.4 is 0 Å². The topological polar surface area (TPSA) is 57.6 Å². The van der Waals surface area contributed by atoms with Crippen molar-refractivity contribution in [2.24, 2.45) is 17.8 Å². The minimum atomic E-state index is -0.708. The van der Waals surface area contributed by atoms with Crippen molar-refractivity contribution in [2.45, 2.75) is 72.3 Å². The second-order valence-corrected chi connectivity index (χ2v) is 6.74. The smallest absolute Gasteiger partial charge is 0.306 e. The summed E-state index contributed by atoms with van der Waals surface area (Å²) in [6, 6.07) is 0.317. The zero-order chi connectivity index (χ0) is 16.0. The van der Waals surface area contributed by atoms with Crippen LogP contribution in [0.5, 0.6) is 0 Å². The predicted octanol–water partition coefficient (Wildman–Crippen LogP) is 3.55. The molecule has 1 rings (SSSR count). The summed E-state index contributed by atoms with van der Waals surface area (Å²) in [5.74, 6) is -0.216. The first kappa shape index (κ1) is 18.0. The number of carbonyl (C=O) groups excluding carboxylic acids is 1. The quantitative estimate of drug-likeness (QED) is 0.782. The summed E-state index contributed by atoms with van der Waals surface area (Å²) in [5.41, 5.74) is 0. The highest BCUT2D eigenvalue weighted by molar-refractivity contribution is 5.80. The Balaban J connectivity index is 2.70. The zero-order valence-corrected chi connectivity index (χ0v) is 14.0. The largest absolute Gasteiger partial charge is 0.481 e. The van der Waals surface area contributed by atoms with E-state index in [4.69, 9.17) is 5.11 Å². The van der Waals surface area contributed by atoms with E-state index in [1.165, 1.54) is 0 Å². The molecule has 0 heterocycles. The molecule has 0 saturated heterocycles. The van der Waals surface area contributed by atoms with Gasteiger partial charge in [-0.05, 0) is 44.4 Å². The first-order valence-corrected chi connectivity index (χ1v) is 8.43. The van der Waals surface area contributed by atoms with Crippen LogP contribution in [0.25, 0.3) is 0 Å². The van der Waals surface area contributed by atoms with E-state index in [0.717, 1.165) is 32.2 Å². The first-order valence-electron chi connectivity index (χ1n) is 8.43. The fraction of sp³-hybridized carbons (Fsp3) is 0.882. The van der Waals surface area contributed by atoms with E-state index in [1.807, 2.05) is 0 Å². The molecule has 21 heavy (non-hydrogen) atoms. The van der Waals surface area contributed by atoms with Crippen molar-refractivity contribution < 1.29 is 14.7 Å². The number of carbonyl (C=O) groups is 2. The molecule has 4 nitrogen and oxygen atoms in total. The Kier molecular flexibility index (Phi) is 7.20. The molecular formula is C17H31NO3. The molecule has 0 atom stereocenters. The monoisotopic (exact) mass is 297 g/mol. The van der Waals surface area contributed by atoms with Crippen LogP contribution in [-0.2, 0) is 9.59 Å². The molecule has 1 aliphatic rings. The van der Waals surface area contributed by atoms with Gasteiger partial charge in [-0.3, -0.25) is 9.59 Å². The Hall–Kier alpha value is -1.06. The molecule has 4 heteroatoms. The minimum absolute atomic E-state index is 0.0277. The molecule has 0 radical (unpaired) electrons. The van der Waals surface area contributed by atoms with Crippen molar-refractivity contribution in [3.63, 3.8) is 0 Å². The van der Waals surface area contributed by atoms with E-state index in [-0.39, 0.29) is 17.7 Å². The maximum Gasteiger partial charge on any atom is 0.306 e. The Morgan fingerprint density at radius 1 is 1.05 bits per heavy atom. The van der Waals surface area contributed by atoms with E-state index < -0.39 is 5.97 Å². The summed E-state index contributed by atoms with van der Waals surface area (Å²) in [6.07, 6.45) is 4.71. The van der Waals surface area contributed by atoms with Gasteiger partial charge in [-0.15, -0.1) is 0 Å². The second-order valence-electron chi connectivity index (χ2n) is 6.74. The number of aliphatic carboxylic acids is 1. The SMILES string of the molecule is CCC(CC)N(CC(C)C)C(=O)C1CCC(C(=O)O)CC1. The van der Waals surface area contributed by atoms with E-state index in [1.54, 1.807) is 0 Å². The fourth-order valence-electron chi connectivity index (χ4n) is 3.36. The highest BCUT2D eigenvalue weighted by atomic mass is 16.4. The third-order valence-corrected chi connectivity index (χ3v) is 4.65. The number of amides is 1. The number of rotatable bonds is 7. The van der Waals surface area contributed by atoms with E-state index >= 15 is 0 Å². The molecule has 122 valence electrons. The summed E-state index contributed by atoms with van der Waals surface area (Å²) in [6.45, 7) is 9.37. The minimum Gasteiger partial charge on any atom is -0.481 e. The molecule has 0 aromatic heterocycles. The van der Waals surface area contributed by atoms with Crippen LogP contribution in [0.2, 0.25) is 0 Å². The lowest BCUT2D eigenvalue weighted by Crippen LogP contribution is -2.46. The van der Waals surface area contributed by atoms with E-state index in [2.05, 4.69) is 32.6 Å². The molecule has 0 aliphatic heterocycles. The van der Waals surface area contributed by atoms with E-state index in [9.17, 15) is 9.59 Å². The van der Waals surface area contributed by atoms with Gasteiger partial charge in [0.25, 0.3) is 0 Å². The molecule has 0 aromatic rings. The lowest BCUT2D eigenvalue weighted by molar-refractivity contribution is -0.146. The lowest BCUT2D eigenvalue weighted by atomic mass is 9.81. The summed E-state index contributed by atoms with van der Waals surface area (Å²) >= 11 is 0. The van der Waals surface area contributed by atoms with Crippen LogP contribution in [0, 0.1) is 17.8 Å². The Morgan fingerprint density at radius 2 is 1.52 bits per heavy atom.